The average Bonchev–Trinajstić information content (AvgIpc) is 3.17. The van der Waals surface area contributed by atoms with Crippen molar-refractivity contribution in [1.29, 1.82) is 0 Å². The second-order valence-electron chi connectivity index (χ2n) is 7.20. The number of tetrazole rings is 1. The minimum absolute atomic E-state index is 0.0598. The van der Waals surface area contributed by atoms with Gasteiger partial charge in [-0.05, 0) is 48.9 Å². The number of alkyl halides is 2. The summed E-state index contributed by atoms with van der Waals surface area (Å²) in [4.78, 5) is 13.4. The SMILES string of the molecule is CC1=C(C(=O)Nc2ccc(C)cc2C)[C@@H](c2ccccc2OC(F)F)n2nnnc2N1. The van der Waals surface area contributed by atoms with Gasteiger partial charge >= 0.3 is 6.61 Å². The maximum atomic E-state index is 13.4. The van der Waals surface area contributed by atoms with Gasteiger partial charge in [-0.15, -0.1) is 0 Å². The highest BCUT2D eigenvalue weighted by molar-refractivity contribution is 6.06. The number of halogens is 2. The van der Waals surface area contributed by atoms with Crippen LogP contribution < -0.4 is 15.4 Å². The van der Waals surface area contributed by atoms with E-state index in [1.165, 1.54) is 10.7 Å². The summed E-state index contributed by atoms with van der Waals surface area (Å²) in [5, 5.41) is 17.5. The number of benzene rings is 2. The van der Waals surface area contributed by atoms with E-state index in [4.69, 9.17) is 4.74 Å². The smallest absolute Gasteiger partial charge is 0.387 e. The Morgan fingerprint density at radius 2 is 1.97 bits per heavy atom. The number of nitrogens with zero attached hydrogens (tertiary/aromatic N) is 4. The van der Waals surface area contributed by atoms with Crippen molar-refractivity contribution in [3.8, 4) is 5.75 Å². The van der Waals surface area contributed by atoms with Crippen LogP contribution in [0.15, 0.2) is 53.7 Å². The Bertz CT molecular complexity index is 1170. The largest absolute Gasteiger partial charge is 0.434 e. The lowest BCUT2D eigenvalue weighted by atomic mass is 9.94. The number of rotatable bonds is 5. The number of aryl methyl sites for hydroxylation is 2. The van der Waals surface area contributed by atoms with Crippen LogP contribution in [0.1, 0.15) is 29.7 Å². The lowest BCUT2D eigenvalue weighted by molar-refractivity contribution is -0.113. The van der Waals surface area contributed by atoms with E-state index in [2.05, 4.69) is 26.2 Å². The summed E-state index contributed by atoms with van der Waals surface area (Å²) >= 11 is 0. The van der Waals surface area contributed by atoms with Crippen LogP contribution in [0.5, 0.6) is 5.75 Å². The molecule has 0 saturated heterocycles. The number of carbonyl (C=O) groups is 1. The van der Waals surface area contributed by atoms with Gasteiger partial charge in [0.25, 0.3) is 5.91 Å². The summed E-state index contributed by atoms with van der Waals surface area (Å²) in [5.41, 5.74) is 3.74. The molecule has 3 aromatic rings. The molecule has 0 aliphatic carbocycles. The molecule has 2 aromatic carbocycles. The van der Waals surface area contributed by atoms with Crippen LogP contribution in [0.3, 0.4) is 0 Å². The second-order valence-corrected chi connectivity index (χ2v) is 7.20. The van der Waals surface area contributed by atoms with Crippen LogP contribution in [0.2, 0.25) is 0 Å². The van der Waals surface area contributed by atoms with Crippen LogP contribution >= 0.6 is 0 Å². The molecule has 0 unspecified atom stereocenters. The van der Waals surface area contributed by atoms with Crippen LogP contribution in [0, 0.1) is 13.8 Å². The van der Waals surface area contributed by atoms with Gasteiger partial charge in [-0.25, -0.2) is 0 Å². The molecule has 10 heteroatoms. The van der Waals surface area contributed by atoms with Gasteiger partial charge in [-0.2, -0.15) is 13.5 Å². The number of anilines is 2. The zero-order valence-corrected chi connectivity index (χ0v) is 17.1. The number of allylic oxidation sites excluding steroid dienone is 1. The molecule has 160 valence electrons. The number of hydrogen-bond acceptors (Lipinski definition) is 6. The minimum Gasteiger partial charge on any atom is -0.434 e. The van der Waals surface area contributed by atoms with Crippen LogP contribution in [0.4, 0.5) is 20.4 Å². The van der Waals surface area contributed by atoms with E-state index in [0.29, 0.717) is 16.9 Å². The molecule has 0 saturated carbocycles. The molecule has 1 aliphatic rings. The molecule has 0 spiro atoms. The molecular weight excluding hydrogens is 406 g/mol. The quantitative estimate of drug-likeness (QED) is 0.644. The van der Waals surface area contributed by atoms with Gasteiger partial charge in [-0.1, -0.05) is 41.0 Å². The molecule has 0 radical (unpaired) electrons. The van der Waals surface area contributed by atoms with Crippen molar-refractivity contribution in [2.75, 3.05) is 10.6 Å². The van der Waals surface area contributed by atoms with Gasteiger partial charge < -0.3 is 15.4 Å². The summed E-state index contributed by atoms with van der Waals surface area (Å²) in [7, 11) is 0. The predicted molar refractivity (Wildman–Crippen MR) is 110 cm³/mol. The predicted octanol–water partition coefficient (Wildman–Crippen LogP) is 3.82. The van der Waals surface area contributed by atoms with E-state index < -0.39 is 18.6 Å². The maximum absolute atomic E-state index is 13.4. The van der Waals surface area contributed by atoms with Crippen molar-refractivity contribution in [3.05, 3.63) is 70.4 Å². The standard InChI is InChI=1S/C21H20F2N6O2/c1-11-8-9-15(12(2)10-11)25-19(30)17-13(3)24-21-26-27-28-29(21)18(17)14-6-4-5-7-16(14)31-20(22)23/h4-10,18,20H,1-3H3,(H,25,30)(H,24,26,28)/t18-/m1/s1. The van der Waals surface area contributed by atoms with Gasteiger partial charge in [0.15, 0.2) is 0 Å². The molecular formula is C21H20F2N6O2. The lowest BCUT2D eigenvalue weighted by Gasteiger charge is -2.29. The molecule has 1 amide bonds. The van der Waals surface area contributed by atoms with Crippen LogP contribution in [-0.2, 0) is 4.79 Å². The maximum Gasteiger partial charge on any atom is 0.387 e. The normalized spacial score (nSPS) is 15.5. The molecule has 1 aliphatic heterocycles. The first-order chi connectivity index (χ1) is 14.8. The molecule has 31 heavy (non-hydrogen) atoms. The van der Waals surface area contributed by atoms with Gasteiger partial charge in [0.05, 0.1) is 5.57 Å². The molecule has 0 fully saturated rings. The number of nitrogens with one attached hydrogen (secondary N) is 2. The first kappa shape index (κ1) is 20.5. The zero-order chi connectivity index (χ0) is 22.1. The fraction of sp³-hybridized carbons (Fsp3) is 0.238. The molecule has 0 bridgehead atoms. The molecule has 2 N–H and O–H groups in total. The Morgan fingerprint density at radius 3 is 2.71 bits per heavy atom. The Hall–Kier alpha value is -3.82. The minimum atomic E-state index is -3.02. The van der Waals surface area contributed by atoms with Crippen LogP contribution in [0.25, 0.3) is 0 Å². The van der Waals surface area contributed by atoms with E-state index in [9.17, 15) is 13.6 Å². The van der Waals surface area contributed by atoms with Gasteiger partial charge in [-0.3, -0.25) is 4.79 Å². The van der Waals surface area contributed by atoms with E-state index in [1.807, 2.05) is 32.0 Å². The number of fused-ring (bicyclic) bond motifs is 1. The third-order valence-electron chi connectivity index (χ3n) is 5.02. The molecule has 4 rings (SSSR count). The van der Waals surface area contributed by atoms with Crippen molar-refractivity contribution < 1.29 is 18.3 Å². The molecule has 8 nitrogen and oxygen atoms in total. The van der Waals surface area contributed by atoms with Crippen molar-refractivity contribution in [1.82, 2.24) is 20.2 Å². The van der Waals surface area contributed by atoms with Gasteiger partial charge in [0.1, 0.15) is 11.8 Å². The molecule has 2 heterocycles. The third-order valence-corrected chi connectivity index (χ3v) is 5.02. The fourth-order valence-electron chi connectivity index (χ4n) is 3.65. The Balaban J connectivity index is 1.79. The van der Waals surface area contributed by atoms with Crippen molar-refractivity contribution >= 4 is 17.5 Å². The van der Waals surface area contributed by atoms with Crippen LogP contribution in [-0.4, -0.2) is 32.7 Å². The zero-order valence-electron chi connectivity index (χ0n) is 17.1. The number of amides is 1. The highest BCUT2D eigenvalue weighted by atomic mass is 19.3. The highest BCUT2D eigenvalue weighted by Crippen LogP contribution is 2.39. The number of para-hydroxylation sites is 1. The molecule has 1 atom stereocenters. The monoisotopic (exact) mass is 426 g/mol. The van der Waals surface area contributed by atoms with E-state index in [1.54, 1.807) is 25.1 Å². The van der Waals surface area contributed by atoms with E-state index in [-0.39, 0.29) is 17.3 Å². The summed E-state index contributed by atoms with van der Waals surface area (Å²) in [6.45, 7) is 2.55. The van der Waals surface area contributed by atoms with Gasteiger partial charge in [0.2, 0.25) is 5.95 Å². The Kier molecular flexibility index (Phi) is 5.37. The second kappa shape index (κ2) is 8.13. The summed E-state index contributed by atoms with van der Waals surface area (Å²) in [5.74, 6) is -0.178. The molecule has 1 aromatic heterocycles. The van der Waals surface area contributed by atoms with Crippen molar-refractivity contribution in [2.24, 2.45) is 0 Å². The third kappa shape index (κ3) is 3.96. The van der Waals surface area contributed by atoms with Crippen molar-refractivity contribution in [3.63, 3.8) is 0 Å². The van der Waals surface area contributed by atoms with E-state index >= 15 is 0 Å². The summed E-state index contributed by atoms with van der Waals surface area (Å²) in [6, 6.07) is 11.1. The first-order valence-electron chi connectivity index (χ1n) is 9.53. The number of aromatic nitrogens is 4. The van der Waals surface area contributed by atoms with E-state index in [0.717, 1.165) is 11.1 Å². The Labute approximate surface area is 176 Å². The van der Waals surface area contributed by atoms with Crippen molar-refractivity contribution in [2.45, 2.75) is 33.4 Å². The first-order valence-corrected chi connectivity index (χ1v) is 9.53. The van der Waals surface area contributed by atoms with Gasteiger partial charge in [0, 0.05) is 16.9 Å². The number of hydrogen-bond donors (Lipinski definition) is 2. The summed E-state index contributed by atoms with van der Waals surface area (Å²) < 4.78 is 32.1. The fourth-order valence-corrected chi connectivity index (χ4v) is 3.65. The Morgan fingerprint density at radius 1 is 1.19 bits per heavy atom. The average molecular weight is 426 g/mol. The lowest BCUT2D eigenvalue weighted by Crippen LogP contribution is -2.32. The summed E-state index contributed by atoms with van der Waals surface area (Å²) in [6.07, 6.45) is 0. The topological polar surface area (TPSA) is 94.0 Å². The highest BCUT2D eigenvalue weighted by Gasteiger charge is 2.36. The number of ether oxygens (including phenoxy) is 1. The number of carbonyl (C=O) groups excluding carboxylic acids is 1.